The first-order chi connectivity index (χ1) is 15.2. The highest BCUT2D eigenvalue weighted by Crippen LogP contribution is 2.33. The maximum Gasteiger partial charge on any atom is 0.434 e. The highest BCUT2D eigenvalue weighted by molar-refractivity contribution is 6.05. The van der Waals surface area contributed by atoms with Gasteiger partial charge in [-0.05, 0) is 25.7 Å². The normalized spacial score (nSPS) is 14.8. The third-order valence-corrected chi connectivity index (χ3v) is 5.17. The van der Waals surface area contributed by atoms with Gasteiger partial charge in [-0.1, -0.05) is 19.3 Å². The number of ether oxygens (including phenoxy) is 2. The molecule has 0 unspecified atom stereocenters. The molecule has 2 heterocycles. The Morgan fingerprint density at radius 3 is 2.62 bits per heavy atom. The van der Waals surface area contributed by atoms with Crippen LogP contribution in [0.15, 0.2) is 12.4 Å². The van der Waals surface area contributed by atoms with Crippen LogP contribution in [-0.2, 0) is 4.74 Å². The lowest BCUT2D eigenvalue weighted by Gasteiger charge is -2.24. The van der Waals surface area contributed by atoms with Gasteiger partial charge in [-0.25, -0.2) is 14.5 Å². The summed E-state index contributed by atoms with van der Waals surface area (Å²) in [6, 6.07) is 0. The molecule has 12 heteroatoms. The van der Waals surface area contributed by atoms with Gasteiger partial charge >= 0.3 is 12.1 Å². The lowest BCUT2D eigenvalue weighted by atomic mass is 9.89. The van der Waals surface area contributed by atoms with Crippen molar-refractivity contribution in [3.63, 3.8) is 0 Å². The van der Waals surface area contributed by atoms with Crippen molar-refractivity contribution in [2.75, 3.05) is 25.6 Å². The van der Waals surface area contributed by atoms with Crippen LogP contribution < -0.4 is 10.1 Å². The Bertz CT molecular complexity index is 970. The van der Waals surface area contributed by atoms with Gasteiger partial charge in [-0.15, -0.1) is 0 Å². The van der Waals surface area contributed by atoms with E-state index < -0.39 is 23.6 Å². The van der Waals surface area contributed by atoms with Crippen molar-refractivity contribution < 1.29 is 27.4 Å². The second-order valence-corrected chi connectivity index (χ2v) is 7.41. The highest BCUT2D eigenvalue weighted by Gasteiger charge is 2.39. The Morgan fingerprint density at radius 2 is 2.00 bits per heavy atom. The molecule has 0 aromatic carbocycles. The first kappa shape index (κ1) is 23.5. The van der Waals surface area contributed by atoms with Gasteiger partial charge in [0.15, 0.2) is 5.71 Å². The quantitative estimate of drug-likeness (QED) is 0.461. The molecule has 0 saturated heterocycles. The molecule has 0 aliphatic heterocycles. The highest BCUT2D eigenvalue weighted by atomic mass is 19.4. The summed E-state index contributed by atoms with van der Waals surface area (Å²) in [5.41, 5.74) is -2.30. The molecule has 0 spiro atoms. The maximum atomic E-state index is 13.4. The van der Waals surface area contributed by atoms with Gasteiger partial charge in [0, 0.05) is 12.7 Å². The number of methoxy groups -OCH3 is 1. The maximum absolute atomic E-state index is 13.4. The summed E-state index contributed by atoms with van der Waals surface area (Å²) in [5.74, 6) is -0.758. The molecule has 2 aromatic heterocycles. The zero-order valence-electron chi connectivity index (χ0n) is 17.8. The van der Waals surface area contributed by atoms with Crippen molar-refractivity contribution in [1.82, 2.24) is 19.7 Å². The van der Waals surface area contributed by atoms with Crippen LogP contribution in [0, 0.1) is 11.3 Å². The van der Waals surface area contributed by atoms with E-state index in [9.17, 15) is 18.0 Å². The number of halogens is 3. The fourth-order valence-electron chi connectivity index (χ4n) is 3.54. The molecule has 9 nitrogen and oxygen atoms in total. The molecule has 1 aliphatic carbocycles. The van der Waals surface area contributed by atoms with Crippen LogP contribution in [0.1, 0.15) is 55.1 Å². The second-order valence-electron chi connectivity index (χ2n) is 7.41. The van der Waals surface area contributed by atoms with E-state index in [-0.39, 0.29) is 29.7 Å². The molecule has 0 amide bonds. The third kappa shape index (κ3) is 5.35. The summed E-state index contributed by atoms with van der Waals surface area (Å²) in [4.78, 5) is 20.0. The Morgan fingerprint density at radius 1 is 1.28 bits per heavy atom. The minimum Gasteiger partial charge on any atom is -0.479 e. The van der Waals surface area contributed by atoms with Crippen LogP contribution >= 0.6 is 0 Å². The molecule has 1 saturated carbocycles. The van der Waals surface area contributed by atoms with Crippen molar-refractivity contribution in [3.8, 4) is 11.8 Å². The third-order valence-electron chi connectivity index (χ3n) is 5.17. The Kier molecular flexibility index (Phi) is 7.31. The number of anilines is 1. The van der Waals surface area contributed by atoms with E-state index in [1.807, 2.05) is 0 Å². The minimum atomic E-state index is -4.93. The zero-order valence-corrected chi connectivity index (χ0v) is 17.8. The average Bonchev–Trinajstić information content (AvgIpc) is 3.27. The number of carbonyl (C=O) groups is 1. The van der Waals surface area contributed by atoms with Crippen LogP contribution in [0.25, 0.3) is 5.95 Å². The molecule has 1 fully saturated rings. The molecule has 174 valence electrons. The van der Waals surface area contributed by atoms with E-state index in [2.05, 4.69) is 20.4 Å². The fourth-order valence-corrected chi connectivity index (χ4v) is 3.54. The Hall–Kier alpha value is -3.18. The summed E-state index contributed by atoms with van der Waals surface area (Å²) in [7, 11) is 1.27. The number of esters is 1. The largest absolute Gasteiger partial charge is 0.479 e. The number of nitrogens with zero attached hydrogens (tertiary/aromatic N) is 4. The van der Waals surface area contributed by atoms with Crippen LogP contribution in [-0.4, -0.2) is 57.9 Å². The number of carbonyl (C=O) groups excluding carboxylic acids is 1. The number of hydrogen-bond acceptors (Lipinski definition) is 8. The number of aromatic nitrogens is 4. The zero-order chi connectivity index (χ0) is 23.3. The topological polar surface area (TPSA) is 115 Å². The molecular formula is C20H25F3N6O3. The first-order valence-corrected chi connectivity index (χ1v) is 10.3. The van der Waals surface area contributed by atoms with Crippen molar-refractivity contribution in [3.05, 3.63) is 23.7 Å². The molecule has 2 N–H and O–H groups in total. The van der Waals surface area contributed by atoms with E-state index in [4.69, 9.17) is 14.9 Å². The second kappa shape index (κ2) is 9.96. The van der Waals surface area contributed by atoms with Crippen molar-refractivity contribution >= 4 is 17.4 Å². The van der Waals surface area contributed by atoms with Crippen LogP contribution in [0.2, 0.25) is 0 Å². The van der Waals surface area contributed by atoms with Gasteiger partial charge in [-0.2, -0.15) is 23.3 Å². The van der Waals surface area contributed by atoms with Crippen LogP contribution in [0.5, 0.6) is 5.88 Å². The fraction of sp³-hybridized carbons (Fsp3) is 0.550. The summed E-state index contributed by atoms with van der Waals surface area (Å²) in [6.45, 7) is 2.22. The molecular weight excluding hydrogens is 429 g/mol. The lowest BCUT2D eigenvalue weighted by Crippen LogP contribution is -2.27. The predicted octanol–water partition coefficient (Wildman–Crippen LogP) is 3.77. The number of nitrogens with one attached hydrogen (secondary N) is 2. The number of alkyl halides is 3. The summed E-state index contributed by atoms with van der Waals surface area (Å²) >= 11 is 0. The number of hydrogen-bond donors (Lipinski definition) is 2. The van der Waals surface area contributed by atoms with E-state index in [0.29, 0.717) is 12.5 Å². The lowest BCUT2D eigenvalue weighted by molar-refractivity contribution is -0.0589. The Balaban J connectivity index is 1.99. The SMILES string of the molecule is CCOC(=O)c1cnn(-c2nc(OC)c(NCC3CCCCC3)c(C(=N)C(F)(F)F)n2)c1. The van der Waals surface area contributed by atoms with Gasteiger partial charge in [0.1, 0.15) is 11.4 Å². The standard InChI is InChI=1S/C20H25F3N6O3/c1-3-32-18(30)13-10-26-29(11-13)19-27-14(16(24)20(21,22)23)15(17(28-19)31-2)25-9-12-7-5-4-6-8-12/h10-12,24-25H,3-9H2,1-2H3. The van der Waals surface area contributed by atoms with Gasteiger partial charge < -0.3 is 14.8 Å². The van der Waals surface area contributed by atoms with Gasteiger partial charge in [-0.3, -0.25) is 5.41 Å². The number of rotatable bonds is 8. The van der Waals surface area contributed by atoms with E-state index >= 15 is 0 Å². The minimum absolute atomic E-state index is 0.0846. The molecule has 1 aliphatic rings. The molecule has 2 aromatic rings. The average molecular weight is 454 g/mol. The molecule has 0 bridgehead atoms. The van der Waals surface area contributed by atoms with Gasteiger partial charge in [0.25, 0.3) is 5.95 Å². The van der Waals surface area contributed by atoms with E-state index in [0.717, 1.165) is 36.8 Å². The van der Waals surface area contributed by atoms with Crippen LogP contribution in [0.4, 0.5) is 18.9 Å². The van der Waals surface area contributed by atoms with Gasteiger partial charge in [0.2, 0.25) is 5.88 Å². The molecule has 32 heavy (non-hydrogen) atoms. The summed E-state index contributed by atoms with van der Waals surface area (Å²) in [6.07, 6.45) is 2.75. The Labute approximate surface area is 182 Å². The van der Waals surface area contributed by atoms with E-state index in [1.54, 1.807) is 6.92 Å². The molecule has 3 rings (SSSR count). The van der Waals surface area contributed by atoms with E-state index in [1.165, 1.54) is 19.5 Å². The van der Waals surface area contributed by atoms with Gasteiger partial charge in [0.05, 0.1) is 25.5 Å². The van der Waals surface area contributed by atoms with Crippen molar-refractivity contribution in [2.24, 2.45) is 5.92 Å². The van der Waals surface area contributed by atoms with Crippen LogP contribution in [0.3, 0.4) is 0 Å². The summed E-state index contributed by atoms with van der Waals surface area (Å²) < 4.78 is 51.5. The molecule has 0 atom stereocenters. The first-order valence-electron chi connectivity index (χ1n) is 10.3. The molecule has 0 radical (unpaired) electrons. The monoisotopic (exact) mass is 454 g/mol. The van der Waals surface area contributed by atoms with Crippen molar-refractivity contribution in [1.29, 1.82) is 5.41 Å². The summed E-state index contributed by atoms with van der Waals surface area (Å²) in [5, 5.41) is 14.6. The smallest absolute Gasteiger partial charge is 0.434 e. The predicted molar refractivity (Wildman–Crippen MR) is 110 cm³/mol. The van der Waals surface area contributed by atoms with Crippen molar-refractivity contribution in [2.45, 2.75) is 45.2 Å².